The van der Waals surface area contributed by atoms with Crippen LogP contribution in [0.15, 0.2) is 24.3 Å². The van der Waals surface area contributed by atoms with Gasteiger partial charge in [-0.05, 0) is 55.0 Å². The molecule has 0 fully saturated rings. The van der Waals surface area contributed by atoms with Gasteiger partial charge in [0.1, 0.15) is 5.82 Å². The number of benzene rings is 1. The Morgan fingerprint density at radius 2 is 1.85 bits per heavy atom. The highest BCUT2D eigenvalue weighted by Crippen LogP contribution is 2.32. The van der Waals surface area contributed by atoms with E-state index >= 15 is 0 Å². The molecule has 1 atom stereocenters. The van der Waals surface area contributed by atoms with E-state index in [0.717, 1.165) is 12.8 Å². The highest BCUT2D eigenvalue weighted by molar-refractivity contribution is 5.90. The molecule has 20 heavy (non-hydrogen) atoms. The topological polar surface area (TPSA) is 55.1 Å². The molecule has 0 aromatic heterocycles. The Morgan fingerprint density at radius 3 is 2.35 bits per heavy atom. The van der Waals surface area contributed by atoms with Gasteiger partial charge in [0.15, 0.2) is 0 Å². The van der Waals surface area contributed by atoms with Crippen molar-refractivity contribution < 1.29 is 9.18 Å². The van der Waals surface area contributed by atoms with Crippen molar-refractivity contribution >= 4 is 11.6 Å². The van der Waals surface area contributed by atoms with E-state index in [1.165, 1.54) is 12.1 Å². The van der Waals surface area contributed by atoms with Gasteiger partial charge in [-0.1, -0.05) is 20.8 Å². The third-order valence-electron chi connectivity index (χ3n) is 3.59. The van der Waals surface area contributed by atoms with Crippen LogP contribution in [-0.4, -0.2) is 12.5 Å². The molecule has 0 saturated carbocycles. The van der Waals surface area contributed by atoms with E-state index < -0.39 is 0 Å². The lowest BCUT2D eigenvalue weighted by Gasteiger charge is -2.30. The number of hydrogen-bond donors (Lipinski definition) is 2. The van der Waals surface area contributed by atoms with Crippen LogP contribution in [0.4, 0.5) is 10.1 Å². The van der Waals surface area contributed by atoms with Crippen molar-refractivity contribution in [2.45, 2.75) is 40.0 Å². The Hall–Kier alpha value is -1.42. The molecule has 1 unspecified atom stereocenters. The molecule has 1 aromatic rings. The van der Waals surface area contributed by atoms with Crippen LogP contribution in [-0.2, 0) is 4.79 Å². The van der Waals surface area contributed by atoms with E-state index in [-0.39, 0.29) is 17.1 Å². The van der Waals surface area contributed by atoms with Crippen molar-refractivity contribution in [1.29, 1.82) is 0 Å². The molecule has 3 N–H and O–H groups in total. The van der Waals surface area contributed by atoms with Gasteiger partial charge >= 0.3 is 0 Å². The van der Waals surface area contributed by atoms with Crippen molar-refractivity contribution in [3.63, 3.8) is 0 Å². The standard InChI is InChI=1S/C16H25FN2O/c1-16(2,3)12(10-11-18)4-9-15(20)19-14-7-5-13(17)6-8-14/h5-8,12H,4,9-11,18H2,1-3H3,(H,19,20). The molecule has 1 rings (SSSR count). The zero-order valence-corrected chi connectivity index (χ0v) is 12.6. The SMILES string of the molecule is CC(C)(C)C(CCN)CCC(=O)Nc1ccc(F)cc1. The monoisotopic (exact) mass is 280 g/mol. The minimum atomic E-state index is -0.307. The number of rotatable bonds is 6. The highest BCUT2D eigenvalue weighted by atomic mass is 19.1. The molecular formula is C16H25FN2O. The summed E-state index contributed by atoms with van der Waals surface area (Å²) < 4.78 is 12.8. The third kappa shape index (κ3) is 5.70. The quantitative estimate of drug-likeness (QED) is 0.837. The fourth-order valence-corrected chi connectivity index (χ4v) is 2.27. The fraction of sp³-hybridized carbons (Fsp3) is 0.562. The predicted molar refractivity (Wildman–Crippen MR) is 80.9 cm³/mol. The van der Waals surface area contributed by atoms with Gasteiger partial charge in [-0.15, -0.1) is 0 Å². The maximum absolute atomic E-state index is 12.8. The molecule has 0 bridgehead atoms. The summed E-state index contributed by atoms with van der Waals surface area (Å²) in [6.07, 6.45) is 2.19. The number of hydrogen-bond acceptors (Lipinski definition) is 2. The first-order valence-electron chi connectivity index (χ1n) is 7.08. The van der Waals surface area contributed by atoms with Crippen LogP contribution in [0.5, 0.6) is 0 Å². The van der Waals surface area contributed by atoms with Crippen molar-refractivity contribution in [2.24, 2.45) is 17.1 Å². The molecule has 1 amide bonds. The molecule has 4 heteroatoms. The number of carbonyl (C=O) groups excluding carboxylic acids is 1. The normalized spacial score (nSPS) is 13.1. The Labute approximate surface area is 120 Å². The summed E-state index contributed by atoms with van der Waals surface area (Å²) in [4.78, 5) is 11.9. The lowest BCUT2D eigenvalue weighted by atomic mass is 9.76. The van der Waals surface area contributed by atoms with E-state index in [2.05, 4.69) is 26.1 Å². The van der Waals surface area contributed by atoms with Crippen LogP contribution in [0, 0.1) is 17.2 Å². The summed E-state index contributed by atoms with van der Waals surface area (Å²) in [5, 5.41) is 2.78. The van der Waals surface area contributed by atoms with Gasteiger partial charge in [-0.25, -0.2) is 4.39 Å². The van der Waals surface area contributed by atoms with Crippen molar-refractivity contribution in [3.8, 4) is 0 Å². The zero-order valence-electron chi connectivity index (χ0n) is 12.6. The van der Waals surface area contributed by atoms with E-state index in [0.29, 0.717) is 24.6 Å². The number of amides is 1. The average Bonchev–Trinajstić information content (AvgIpc) is 2.36. The largest absolute Gasteiger partial charge is 0.330 e. The van der Waals surface area contributed by atoms with E-state index in [1.807, 2.05) is 0 Å². The average molecular weight is 280 g/mol. The Kier molecular flexibility index (Phi) is 6.14. The molecule has 0 radical (unpaired) electrons. The van der Waals surface area contributed by atoms with Gasteiger partial charge in [-0.2, -0.15) is 0 Å². The van der Waals surface area contributed by atoms with E-state index in [1.54, 1.807) is 12.1 Å². The van der Waals surface area contributed by atoms with Crippen LogP contribution in [0.3, 0.4) is 0 Å². The molecule has 0 aliphatic carbocycles. The summed E-state index contributed by atoms with van der Waals surface area (Å²) in [6.45, 7) is 7.16. The Bertz CT molecular complexity index is 423. The summed E-state index contributed by atoms with van der Waals surface area (Å²) in [5.74, 6) is 0.0769. The lowest BCUT2D eigenvalue weighted by molar-refractivity contribution is -0.116. The van der Waals surface area contributed by atoms with Crippen LogP contribution < -0.4 is 11.1 Å². The summed E-state index contributed by atoms with van der Waals surface area (Å²) in [6, 6.07) is 5.80. The molecule has 3 nitrogen and oxygen atoms in total. The highest BCUT2D eigenvalue weighted by Gasteiger charge is 2.24. The smallest absolute Gasteiger partial charge is 0.224 e. The first-order chi connectivity index (χ1) is 9.32. The van der Waals surface area contributed by atoms with E-state index in [9.17, 15) is 9.18 Å². The van der Waals surface area contributed by atoms with Gasteiger partial charge in [-0.3, -0.25) is 4.79 Å². The van der Waals surface area contributed by atoms with Crippen LogP contribution in [0.1, 0.15) is 40.0 Å². The fourth-order valence-electron chi connectivity index (χ4n) is 2.27. The van der Waals surface area contributed by atoms with Crippen molar-refractivity contribution in [3.05, 3.63) is 30.1 Å². The van der Waals surface area contributed by atoms with Gasteiger partial charge in [0, 0.05) is 12.1 Å². The summed E-state index contributed by atoms with van der Waals surface area (Å²) >= 11 is 0. The van der Waals surface area contributed by atoms with Crippen molar-refractivity contribution in [2.75, 3.05) is 11.9 Å². The zero-order chi connectivity index (χ0) is 15.2. The third-order valence-corrected chi connectivity index (χ3v) is 3.59. The molecule has 0 saturated heterocycles. The van der Waals surface area contributed by atoms with Crippen LogP contribution >= 0.6 is 0 Å². The lowest BCUT2D eigenvalue weighted by Crippen LogP contribution is -2.25. The minimum absolute atomic E-state index is 0.0390. The molecule has 1 aromatic carbocycles. The molecule has 112 valence electrons. The molecule has 0 aliphatic heterocycles. The van der Waals surface area contributed by atoms with Gasteiger partial charge in [0.2, 0.25) is 5.91 Å². The second-order valence-electron chi connectivity index (χ2n) is 6.23. The summed E-state index contributed by atoms with van der Waals surface area (Å²) in [5.41, 5.74) is 6.41. The maximum atomic E-state index is 12.8. The maximum Gasteiger partial charge on any atom is 0.224 e. The van der Waals surface area contributed by atoms with Gasteiger partial charge in [0.05, 0.1) is 0 Å². The number of nitrogens with two attached hydrogens (primary N) is 1. The predicted octanol–water partition coefficient (Wildman–Crippen LogP) is 3.56. The Morgan fingerprint density at radius 1 is 1.25 bits per heavy atom. The number of carbonyl (C=O) groups is 1. The molecule has 0 aliphatic rings. The second-order valence-corrected chi connectivity index (χ2v) is 6.23. The van der Waals surface area contributed by atoms with Gasteiger partial charge < -0.3 is 11.1 Å². The first-order valence-corrected chi connectivity index (χ1v) is 7.08. The number of halogens is 1. The Balaban J connectivity index is 2.47. The number of anilines is 1. The second kappa shape index (κ2) is 7.39. The molecule has 0 heterocycles. The molecule has 0 spiro atoms. The molecular weight excluding hydrogens is 255 g/mol. The first kappa shape index (κ1) is 16.6. The minimum Gasteiger partial charge on any atom is -0.330 e. The number of nitrogens with one attached hydrogen (secondary N) is 1. The van der Waals surface area contributed by atoms with Crippen LogP contribution in [0.2, 0.25) is 0 Å². The van der Waals surface area contributed by atoms with Gasteiger partial charge in [0.25, 0.3) is 0 Å². The van der Waals surface area contributed by atoms with E-state index in [4.69, 9.17) is 5.73 Å². The van der Waals surface area contributed by atoms with Crippen LogP contribution in [0.25, 0.3) is 0 Å². The summed E-state index contributed by atoms with van der Waals surface area (Å²) in [7, 11) is 0. The van der Waals surface area contributed by atoms with Crippen molar-refractivity contribution in [1.82, 2.24) is 0 Å².